The minimum absolute atomic E-state index is 0.0192. The van der Waals surface area contributed by atoms with Crippen molar-refractivity contribution in [2.24, 2.45) is 0 Å². The van der Waals surface area contributed by atoms with Crippen LogP contribution in [0.1, 0.15) is 59.8 Å². The van der Waals surface area contributed by atoms with Crippen LogP contribution in [0.5, 0.6) is 5.75 Å². The number of rotatable bonds is 16. The Morgan fingerprint density at radius 2 is 1.34 bits per heavy atom. The van der Waals surface area contributed by atoms with Crippen molar-refractivity contribution >= 4 is 23.7 Å². The molecule has 9 nitrogen and oxygen atoms in total. The lowest BCUT2D eigenvalue weighted by Gasteiger charge is -2.32. The van der Waals surface area contributed by atoms with Crippen LogP contribution in [0.2, 0.25) is 0 Å². The van der Waals surface area contributed by atoms with Crippen molar-refractivity contribution in [2.75, 3.05) is 26.3 Å². The molecule has 0 bridgehead atoms. The van der Waals surface area contributed by atoms with E-state index in [0.29, 0.717) is 25.8 Å². The second kappa shape index (κ2) is 14.5. The number of nitrogens with zero attached hydrogens (tertiary/aromatic N) is 1. The van der Waals surface area contributed by atoms with E-state index < -0.39 is 58.4 Å². The van der Waals surface area contributed by atoms with Gasteiger partial charge in [-0.3, -0.25) is 24.1 Å². The smallest absolute Gasteiger partial charge is 0.313 e. The number of unbranched alkanes of at least 4 members (excludes halogenated alkanes) is 2. The number of amides is 3. The highest BCUT2D eigenvalue weighted by molar-refractivity contribution is 6.12. The van der Waals surface area contributed by atoms with Crippen LogP contribution in [0.25, 0.3) is 0 Å². The molecule has 1 N–H and O–H groups in total. The number of carbonyl (C=O) groups is 4. The van der Waals surface area contributed by atoms with E-state index in [1.807, 2.05) is 0 Å². The Labute approximate surface area is 234 Å². The van der Waals surface area contributed by atoms with Crippen LogP contribution in [0.15, 0.2) is 12.2 Å². The Balaban J connectivity index is 1.66. The normalized spacial score (nSPS) is 13.7. The standard InChI is InChI=1S/C27H33F5N2O7/c1-26(2,14-33-16(35)8-6-5-7-12-34-17(36)9-10-18(34)37)40-15-27(3,4)39-13-11-19(38)41-25-23(31)21(29)20(28)22(30)24(25)32/h9-10H,5-8,11-15H2,1-4H3,(H,33,35). The molecule has 41 heavy (non-hydrogen) atoms. The van der Waals surface area contributed by atoms with Gasteiger partial charge < -0.3 is 19.5 Å². The lowest BCUT2D eigenvalue weighted by atomic mass is 10.1. The molecule has 0 radical (unpaired) electrons. The third-order valence-corrected chi connectivity index (χ3v) is 5.89. The quantitative estimate of drug-likeness (QED) is 0.0590. The lowest BCUT2D eigenvalue weighted by molar-refractivity contribution is -0.142. The highest BCUT2D eigenvalue weighted by atomic mass is 19.2. The SMILES string of the molecule is CC(C)(CNC(=O)CCCCCN1C(=O)C=CC1=O)OCC(C)(C)OCCC(=O)Oc1c(F)c(F)c(F)c(F)c1F. The molecule has 1 aliphatic heterocycles. The molecule has 1 aliphatic rings. The average Bonchev–Trinajstić information content (AvgIpc) is 3.23. The van der Waals surface area contributed by atoms with Crippen molar-refractivity contribution in [1.82, 2.24) is 10.2 Å². The van der Waals surface area contributed by atoms with E-state index in [4.69, 9.17) is 9.47 Å². The van der Waals surface area contributed by atoms with Gasteiger partial charge in [0.05, 0.1) is 30.8 Å². The van der Waals surface area contributed by atoms with Gasteiger partial charge in [-0.2, -0.15) is 8.78 Å². The second-order valence-electron chi connectivity index (χ2n) is 10.5. The van der Waals surface area contributed by atoms with Gasteiger partial charge >= 0.3 is 5.97 Å². The second-order valence-corrected chi connectivity index (χ2v) is 10.5. The van der Waals surface area contributed by atoms with Crippen molar-refractivity contribution < 1.29 is 55.3 Å². The van der Waals surface area contributed by atoms with E-state index in [1.165, 1.54) is 12.2 Å². The van der Waals surface area contributed by atoms with Crippen LogP contribution in [0, 0.1) is 29.1 Å². The van der Waals surface area contributed by atoms with Gasteiger partial charge in [-0.25, -0.2) is 13.2 Å². The van der Waals surface area contributed by atoms with Crippen molar-refractivity contribution in [3.63, 3.8) is 0 Å². The van der Waals surface area contributed by atoms with Crippen LogP contribution in [-0.2, 0) is 28.7 Å². The molecule has 0 unspecified atom stereocenters. The Bertz CT molecular complexity index is 1140. The number of hydrogen-bond acceptors (Lipinski definition) is 7. The van der Waals surface area contributed by atoms with Crippen molar-refractivity contribution in [3.05, 3.63) is 41.2 Å². The number of carbonyl (C=O) groups excluding carboxylic acids is 4. The number of imide groups is 1. The summed E-state index contributed by atoms with van der Waals surface area (Å²) in [6, 6.07) is 0. The maximum absolute atomic E-state index is 13.7. The molecule has 14 heteroatoms. The minimum atomic E-state index is -2.37. The molecule has 0 fully saturated rings. The molecule has 1 aromatic rings. The molecule has 3 amide bonds. The molecular weight excluding hydrogens is 559 g/mol. The monoisotopic (exact) mass is 592 g/mol. The first kappa shape index (κ1) is 33.8. The van der Waals surface area contributed by atoms with Gasteiger partial charge in [0.2, 0.25) is 40.7 Å². The third kappa shape index (κ3) is 10.2. The van der Waals surface area contributed by atoms with Gasteiger partial charge in [-0.15, -0.1) is 0 Å². The van der Waals surface area contributed by atoms with Gasteiger partial charge in [-0.05, 0) is 40.5 Å². The molecule has 0 aromatic heterocycles. The molecule has 0 saturated heterocycles. The predicted octanol–water partition coefficient (Wildman–Crippen LogP) is 3.87. The number of esters is 1. The Morgan fingerprint density at radius 1 is 0.780 bits per heavy atom. The first-order valence-electron chi connectivity index (χ1n) is 12.8. The minimum Gasteiger partial charge on any atom is -0.420 e. The number of ether oxygens (including phenoxy) is 3. The van der Waals surface area contributed by atoms with E-state index in [1.54, 1.807) is 27.7 Å². The summed E-state index contributed by atoms with van der Waals surface area (Å²) in [4.78, 5) is 48.2. The maximum atomic E-state index is 13.7. The first-order chi connectivity index (χ1) is 19.0. The molecule has 1 heterocycles. The van der Waals surface area contributed by atoms with Gasteiger partial charge in [0.15, 0.2) is 0 Å². The largest absolute Gasteiger partial charge is 0.420 e. The number of halogens is 5. The average molecular weight is 593 g/mol. The fourth-order valence-corrected chi connectivity index (χ4v) is 3.50. The lowest BCUT2D eigenvalue weighted by Crippen LogP contribution is -2.44. The Kier molecular flexibility index (Phi) is 11.9. The summed E-state index contributed by atoms with van der Waals surface area (Å²) < 4.78 is 82.7. The van der Waals surface area contributed by atoms with Crippen molar-refractivity contribution in [2.45, 2.75) is 71.0 Å². The zero-order valence-corrected chi connectivity index (χ0v) is 23.2. The summed E-state index contributed by atoms with van der Waals surface area (Å²) in [5, 5.41) is 2.77. The molecule has 0 aliphatic carbocycles. The van der Waals surface area contributed by atoms with Crippen LogP contribution >= 0.6 is 0 Å². The maximum Gasteiger partial charge on any atom is 0.313 e. The fraction of sp³-hybridized carbons (Fsp3) is 0.556. The van der Waals surface area contributed by atoms with Gasteiger partial charge in [0, 0.05) is 31.7 Å². The summed E-state index contributed by atoms with van der Waals surface area (Å²) in [6.07, 6.45) is 3.97. The number of nitrogens with one attached hydrogen (secondary N) is 1. The van der Waals surface area contributed by atoms with E-state index >= 15 is 0 Å². The summed E-state index contributed by atoms with van der Waals surface area (Å²) in [5.41, 5.74) is -1.76. The highest BCUT2D eigenvalue weighted by Crippen LogP contribution is 2.29. The third-order valence-electron chi connectivity index (χ3n) is 5.89. The van der Waals surface area contributed by atoms with Crippen molar-refractivity contribution in [1.29, 1.82) is 0 Å². The summed E-state index contributed by atoms with van der Waals surface area (Å²) >= 11 is 0. The molecule has 2 rings (SSSR count). The van der Waals surface area contributed by atoms with Crippen LogP contribution in [-0.4, -0.2) is 66.1 Å². The highest BCUT2D eigenvalue weighted by Gasteiger charge is 2.30. The number of benzene rings is 1. The molecular formula is C27H33F5N2O7. The van der Waals surface area contributed by atoms with E-state index in [9.17, 15) is 41.1 Å². The Hall–Kier alpha value is -3.39. The van der Waals surface area contributed by atoms with E-state index in [2.05, 4.69) is 10.1 Å². The summed E-state index contributed by atoms with van der Waals surface area (Å²) in [5.74, 6) is -15.2. The van der Waals surface area contributed by atoms with Gasteiger partial charge in [-0.1, -0.05) is 6.42 Å². The first-order valence-corrected chi connectivity index (χ1v) is 12.8. The summed E-state index contributed by atoms with van der Waals surface area (Å²) in [6.45, 7) is 6.94. The zero-order chi connectivity index (χ0) is 31.0. The fourth-order valence-electron chi connectivity index (χ4n) is 3.50. The Morgan fingerprint density at radius 3 is 1.93 bits per heavy atom. The topological polar surface area (TPSA) is 111 Å². The molecule has 0 atom stereocenters. The van der Waals surface area contributed by atoms with Crippen LogP contribution in [0.4, 0.5) is 22.0 Å². The number of hydrogen-bond donors (Lipinski definition) is 1. The van der Waals surface area contributed by atoms with Crippen LogP contribution in [0.3, 0.4) is 0 Å². The van der Waals surface area contributed by atoms with E-state index in [-0.39, 0.29) is 43.9 Å². The predicted molar refractivity (Wildman–Crippen MR) is 134 cm³/mol. The molecule has 1 aromatic carbocycles. The zero-order valence-electron chi connectivity index (χ0n) is 23.2. The van der Waals surface area contributed by atoms with Crippen molar-refractivity contribution in [3.8, 4) is 5.75 Å². The molecule has 0 spiro atoms. The molecule has 228 valence electrons. The van der Waals surface area contributed by atoms with Gasteiger partial charge in [0.25, 0.3) is 11.8 Å². The van der Waals surface area contributed by atoms with E-state index in [0.717, 1.165) is 4.90 Å². The summed E-state index contributed by atoms with van der Waals surface area (Å²) in [7, 11) is 0. The van der Waals surface area contributed by atoms with Crippen LogP contribution < -0.4 is 10.1 Å². The molecule has 0 saturated carbocycles. The van der Waals surface area contributed by atoms with Gasteiger partial charge in [0.1, 0.15) is 0 Å².